The molecule has 4 rings (SSSR count). The monoisotopic (exact) mass is 334 g/mol. The van der Waals surface area contributed by atoms with E-state index in [2.05, 4.69) is 9.97 Å². The Hall–Kier alpha value is -1.98. The van der Waals surface area contributed by atoms with Crippen molar-refractivity contribution >= 4 is 11.0 Å². The number of ether oxygens (including phenoxy) is 1. The van der Waals surface area contributed by atoms with Gasteiger partial charge in [-0.3, -0.25) is 4.79 Å². The van der Waals surface area contributed by atoms with Gasteiger partial charge in [-0.05, 0) is 55.6 Å². The first-order chi connectivity index (χ1) is 11.4. The Morgan fingerprint density at radius 3 is 2.88 bits per heavy atom. The quantitative estimate of drug-likeness (QED) is 0.869. The number of benzene rings is 1. The van der Waals surface area contributed by atoms with E-state index in [1.54, 1.807) is 18.2 Å². The van der Waals surface area contributed by atoms with E-state index in [0.717, 1.165) is 6.42 Å². The van der Waals surface area contributed by atoms with Crippen LogP contribution in [0.15, 0.2) is 23.0 Å². The van der Waals surface area contributed by atoms with E-state index < -0.39 is 17.2 Å². The summed E-state index contributed by atoms with van der Waals surface area (Å²) in [5.74, 6) is -2.03. The summed E-state index contributed by atoms with van der Waals surface area (Å²) in [5.41, 5.74) is -0.243. The number of nitrogens with zero attached hydrogens (tertiary/aromatic N) is 1. The minimum atomic E-state index is -3.20. The number of H-pyrrole nitrogens is 1. The topological polar surface area (TPSA) is 55.0 Å². The predicted octanol–water partition coefficient (Wildman–Crippen LogP) is 3.99. The molecule has 1 aromatic carbocycles. The van der Waals surface area contributed by atoms with Gasteiger partial charge in [-0.15, -0.1) is 0 Å². The highest BCUT2D eigenvalue weighted by Crippen LogP contribution is 2.72. The lowest BCUT2D eigenvalue weighted by Gasteiger charge is -2.15. The van der Waals surface area contributed by atoms with Crippen molar-refractivity contribution in [3.05, 3.63) is 34.2 Å². The molecule has 1 aromatic heterocycles. The molecule has 0 radical (unpaired) electrons. The van der Waals surface area contributed by atoms with Crippen LogP contribution in [0.1, 0.15) is 44.2 Å². The number of halogens is 2. The summed E-state index contributed by atoms with van der Waals surface area (Å²) in [6, 6.07) is 4.79. The third kappa shape index (κ3) is 2.68. The molecule has 1 atom stereocenters. The predicted molar refractivity (Wildman–Crippen MR) is 86.4 cm³/mol. The summed E-state index contributed by atoms with van der Waals surface area (Å²) in [6.45, 7) is 0. The van der Waals surface area contributed by atoms with Crippen LogP contribution in [-0.4, -0.2) is 17.1 Å². The number of alkyl halides is 2. The molecular formula is C18H20F2N2O2. The lowest BCUT2D eigenvalue weighted by molar-refractivity contribution is -0.0216. The number of hydrogen-bond donors (Lipinski definition) is 1. The lowest BCUT2D eigenvalue weighted by atomic mass is 10.0. The molecular weight excluding hydrogens is 314 g/mol. The minimum absolute atomic E-state index is 0.322. The number of fused-ring (bicyclic) bond motifs is 1. The second-order valence-electron chi connectivity index (χ2n) is 7.16. The number of methoxy groups -OCH3 is 1. The zero-order valence-corrected chi connectivity index (χ0v) is 13.6. The Balaban J connectivity index is 1.52. The third-order valence-corrected chi connectivity index (χ3v) is 5.54. The molecule has 6 heteroatoms. The van der Waals surface area contributed by atoms with E-state index in [9.17, 15) is 13.6 Å². The summed E-state index contributed by atoms with van der Waals surface area (Å²) >= 11 is 0. The highest BCUT2D eigenvalue weighted by molar-refractivity contribution is 5.75. The second-order valence-corrected chi connectivity index (χ2v) is 7.16. The smallest absolute Gasteiger partial charge is 0.295 e. The first kappa shape index (κ1) is 15.5. The summed E-state index contributed by atoms with van der Waals surface area (Å²) < 4.78 is 34.0. The molecule has 0 saturated heterocycles. The largest absolute Gasteiger partial charge is 0.497 e. The average molecular weight is 334 g/mol. The summed E-state index contributed by atoms with van der Waals surface area (Å²) in [5, 5.41) is 0. The van der Waals surface area contributed by atoms with Crippen molar-refractivity contribution < 1.29 is 13.5 Å². The fraction of sp³-hybridized carbons (Fsp3) is 0.556. The van der Waals surface area contributed by atoms with Crippen molar-refractivity contribution in [2.45, 2.75) is 44.4 Å². The molecule has 2 aliphatic carbocycles. The van der Waals surface area contributed by atoms with Crippen LogP contribution < -0.4 is 10.3 Å². The van der Waals surface area contributed by atoms with Crippen LogP contribution in [0, 0.1) is 11.3 Å². The van der Waals surface area contributed by atoms with Crippen LogP contribution in [0.4, 0.5) is 8.78 Å². The van der Waals surface area contributed by atoms with Gasteiger partial charge in [0.05, 0.1) is 18.1 Å². The molecule has 0 unspecified atom stereocenters. The fourth-order valence-electron chi connectivity index (χ4n) is 3.74. The van der Waals surface area contributed by atoms with Gasteiger partial charge in [-0.2, -0.15) is 8.78 Å². The second kappa shape index (κ2) is 5.26. The Labute approximate surface area is 138 Å². The molecule has 2 aliphatic rings. The molecule has 1 heterocycles. The molecule has 128 valence electrons. The van der Waals surface area contributed by atoms with Gasteiger partial charge < -0.3 is 9.72 Å². The van der Waals surface area contributed by atoms with Crippen LogP contribution in [0.3, 0.4) is 0 Å². The molecule has 0 amide bonds. The van der Waals surface area contributed by atoms with E-state index in [-0.39, 0.29) is 6.42 Å². The van der Waals surface area contributed by atoms with Crippen molar-refractivity contribution in [2.24, 2.45) is 11.3 Å². The molecule has 1 spiro atoms. The Morgan fingerprint density at radius 2 is 2.21 bits per heavy atom. The molecule has 2 fully saturated rings. The van der Waals surface area contributed by atoms with Gasteiger partial charge >= 0.3 is 0 Å². The standard InChI is InChI=1S/C18H20F2N2O2/c1-24-12-4-5-13-14(9-12)22-16(23)15(21-13)18(19,20)6-2-3-11-10-17(11)7-8-17/h4-5,9,11H,2-3,6-8,10H2,1H3,(H,22,23)/t11-/m1/s1. The van der Waals surface area contributed by atoms with Gasteiger partial charge in [0.2, 0.25) is 0 Å². The van der Waals surface area contributed by atoms with Gasteiger partial charge in [0.25, 0.3) is 11.5 Å². The van der Waals surface area contributed by atoms with Crippen molar-refractivity contribution in [3.63, 3.8) is 0 Å². The molecule has 2 saturated carbocycles. The average Bonchev–Trinajstić information content (AvgIpc) is 3.46. The van der Waals surface area contributed by atoms with E-state index in [4.69, 9.17) is 4.74 Å². The van der Waals surface area contributed by atoms with Gasteiger partial charge in [0.15, 0.2) is 5.69 Å². The highest BCUT2D eigenvalue weighted by Gasteiger charge is 2.61. The van der Waals surface area contributed by atoms with Gasteiger partial charge in [-0.25, -0.2) is 4.98 Å². The third-order valence-electron chi connectivity index (χ3n) is 5.54. The van der Waals surface area contributed by atoms with Crippen LogP contribution in [0.25, 0.3) is 11.0 Å². The molecule has 24 heavy (non-hydrogen) atoms. The van der Waals surface area contributed by atoms with E-state index in [0.29, 0.717) is 34.5 Å². The zero-order chi connectivity index (χ0) is 16.9. The lowest BCUT2D eigenvalue weighted by Crippen LogP contribution is -2.27. The van der Waals surface area contributed by atoms with E-state index in [1.165, 1.54) is 26.4 Å². The van der Waals surface area contributed by atoms with Crippen LogP contribution in [0.2, 0.25) is 0 Å². The van der Waals surface area contributed by atoms with Crippen molar-refractivity contribution in [3.8, 4) is 5.75 Å². The fourth-order valence-corrected chi connectivity index (χ4v) is 3.74. The number of aromatic nitrogens is 2. The van der Waals surface area contributed by atoms with Crippen molar-refractivity contribution in [1.82, 2.24) is 9.97 Å². The van der Waals surface area contributed by atoms with Gasteiger partial charge in [-0.1, -0.05) is 0 Å². The maximum absolute atomic E-state index is 14.5. The zero-order valence-electron chi connectivity index (χ0n) is 13.6. The van der Waals surface area contributed by atoms with E-state index >= 15 is 0 Å². The number of nitrogens with one attached hydrogen (secondary N) is 1. The Bertz CT molecular complexity index is 843. The van der Waals surface area contributed by atoms with Crippen molar-refractivity contribution in [1.29, 1.82) is 0 Å². The molecule has 0 bridgehead atoms. The van der Waals surface area contributed by atoms with Gasteiger partial charge in [0, 0.05) is 12.5 Å². The summed E-state index contributed by atoms with van der Waals surface area (Å²) in [6.07, 6.45) is 4.68. The van der Waals surface area contributed by atoms with Crippen molar-refractivity contribution in [2.75, 3.05) is 7.11 Å². The summed E-state index contributed by atoms with van der Waals surface area (Å²) in [4.78, 5) is 18.5. The maximum atomic E-state index is 14.5. The highest BCUT2D eigenvalue weighted by atomic mass is 19.3. The molecule has 1 N–H and O–H groups in total. The molecule has 0 aliphatic heterocycles. The summed E-state index contributed by atoms with van der Waals surface area (Å²) in [7, 11) is 1.50. The normalized spacial score (nSPS) is 21.2. The first-order valence-electron chi connectivity index (χ1n) is 8.40. The SMILES string of the molecule is COc1ccc2nc(C(F)(F)CCC[C@@H]3CC34CC4)c(=O)[nH]c2c1. The van der Waals surface area contributed by atoms with Crippen LogP contribution >= 0.6 is 0 Å². The Morgan fingerprint density at radius 1 is 1.42 bits per heavy atom. The Kier molecular flexibility index (Phi) is 3.41. The van der Waals surface area contributed by atoms with Crippen LogP contribution in [-0.2, 0) is 5.92 Å². The van der Waals surface area contributed by atoms with Crippen LogP contribution in [0.5, 0.6) is 5.75 Å². The first-order valence-corrected chi connectivity index (χ1v) is 8.40. The molecule has 2 aromatic rings. The minimum Gasteiger partial charge on any atom is -0.497 e. The number of hydrogen-bond acceptors (Lipinski definition) is 3. The van der Waals surface area contributed by atoms with E-state index in [1.807, 2.05) is 0 Å². The maximum Gasteiger partial charge on any atom is 0.295 e. The van der Waals surface area contributed by atoms with Gasteiger partial charge in [0.1, 0.15) is 5.75 Å². The number of aromatic amines is 1. The molecule has 4 nitrogen and oxygen atoms in total. The number of rotatable bonds is 6.